The first-order chi connectivity index (χ1) is 9.11. The van der Waals surface area contributed by atoms with E-state index in [1.54, 1.807) is 12.1 Å². The highest BCUT2D eigenvalue weighted by molar-refractivity contribution is 6.30. The van der Waals surface area contributed by atoms with Crippen molar-refractivity contribution in [3.63, 3.8) is 0 Å². The minimum absolute atomic E-state index is 0.136. The molecular weight excluding hydrogens is 263 g/mol. The number of nitrogens with two attached hydrogens (primary N) is 1. The Kier molecular flexibility index (Phi) is 4.53. The van der Waals surface area contributed by atoms with E-state index in [-0.39, 0.29) is 16.9 Å². The standard InChI is InChI=1S/C15H16ClFN2/c1-10-5-7-11(8-6-10)14(19-18)9-12-3-2-4-13(16)15(12)17/h2-8,14,19H,9,18H2,1H3. The second-order valence-corrected chi connectivity index (χ2v) is 4.95. The summed E-state index contributed by atoms with van der Waals surface area (Å²) < 4.78 is 13.9. The second-order valence-electron chi connectivity index (χ2n) is 4.55. The zero-order valence-corrected chi connectivity index (χ0v) is 11.4. The largest absolute Gasteiger partial charge is 0.271 e. The van der Waals surface area contributed by atoms with Crippen LogP contribution in [0.1, 0.15) is 22.7 Å². The molecule has 0 heterocycles. The van der Waals surface area contributed by atoms with Crippen molar-refractivity contribution >= 4 is 11.6 Å². The molecule has 0 spiro atoms. The van der Waals surface area contributed by atoms with Gasteiger partial charge in [-0.05, 0) is 30.5 Å². The number of benzene rings is 2. The molecule has 0 saturated carbocycles. The van der Waals surface area contributed by atoms with Crippen LogP contribution in [0.5, 0.6) is 0 Å². The van der Waals surface area contributed by atoms with Crippen LogP contribution >= 0.6 is 11.6 Å². The van der Waals surface area contributed by atoms with Gasteiger partial charge in [-0.25, -0.2) is 4.39 Å². The highest BCUT2D eigenvalue weighted by atomic mass is 35.5. The summed E-state index contributed by atoms with van der Waals surface area (Å²) >= 11 is 5.78. The quantitative estimate of drug-likeness (QED) is 0.663. The number of hydrogen-bond donors (Lipinski definition) is 2. The van der Waals surface area contributed by atoms with E-state index in [0.717, 1.165) is 5.56 Å². The van der Waals surface area contributed by atoms with Crippen LogP contribution in [0, 0.1) is 12.7 Å². The molecule has 1 unspecified atom stereocenters. The van der Waals surface area contributed by atoms with Crippen LogP contribution < -0.4 is 11.3 Å². The first-order valence-corrected chi connectivity index (χ1v) is 6.45. The number of rotatable bonds is 4. The molecule has 0 aromatic heterocycles. The van der Waals surface area contributed by atoms with Gasteiger partial charge in [0.2, 0.25) is 0 Å². The Morgan fingerprint density at radius 3 is 2.53 bits per heavy atom. The average Bonchev–Trinajstić information content (AvgIpc) is 2.42. The SMILES string of the molecule is Cc1ccc(C(Cc2cccc(Cl)c2F)NN)cc1. The first-order valence-electron chi connectivity index (χ1n) is 6.07. The van der Waals surface area contributed by atoms with Gasteiger partial charge in [0, 0.05) is 0 Å². The molecule has 2 rings (SSSR count). The van der Waals surface area contributed by atoms with Crippen molar-refractivity contribution in [2.45, 2.75) is 19.4 Å². The molecule has 0 aliphatic heterocycles. The molecule has 2 aromatic carbocycles. The summed E-state index contributed by atoms with van der Waals surface area (Å²) in [5.74, 6) is 5.20. The Labute approximate surface area is 117 Å². The van der Waals surface area contributed by atoms with Crippen molar-refractivity contribution in [3.05, 3.63) is 70.0 Å². The first kappa shape index (κ1) is 14.0. The van der Waals surface area contributed by atoms with E-state index in [1.807, 2.05) is 31.2 Å². The van der Waals surface area contributed by atoms with Crippen molar-refractivity contribution in [1.82, 2.24) is 5.43 Å². The molecule has 0 radical (unpaired) electrons. The van der Waals surface area contributed by atoms with E-state index in [1.165, 1.54) is 11.6 Å². The molecule has 19 heavy (non-hydrogen) atoms. The Morgan fingerprint density at radius 2 is 1.89 bits per heavy atom. The van der Waals surface area contributed by atoms with Crippen LogP contribution in [0.15, 0.2) is 42.5 Å². The highest BCUT2D eigenvalue weighted by Gasteiger charge is 2.14. The lowest BCUT2D eigenvalue weighted by Gasteiger charge is -2.17. The Hall–Kier alpha value is -1.42. The molecule has 0 amide bonds. The highest BCUT2D eigenvalue weighted by Crippen LogP contribution is 2.23. The van der Waals surface area contributed by atoms with Crippen molar-refractivity contribution in [1.29, 1.82) is 0 Å². The van der Waals surface area contributed by atoms with Crippen LogP contribution in [0.2, 0.25) is 5.02 Å². The number of halogens is 2. The predicted octanol–water partition coefficient (Wildman–Crippen LogP) is 3.53. The molecular formula is C15H16ClFN2. The molecule has 100 valence electrons. The van der Waals surface area contributed by atoms with E-state index in [0.29, 0.717) is 12.0 Å². The lowest BCUT2D eigenvalue weighted by atomic mass is 9.98. The van der Waals surface area contributed by atoms with E-state index < -0.39 is 0 Å². The van der Waals surface area contributed by atoms with E-state index in [9.17, 15) is 4.39 Å². The number of aryl methyl sites for hydroxylation is 1. The van der Waals surface area contributed by atoms with Crippen molar-refractivity contribution < 1.29 is 4.39 Å². The molecule has 1 atom stereocenters. The van der Waals surface area contributed by atoms with Crippen molar-refractivity contribution in [2.75, 3.05) is 0 Å². The van der Waals surface area contributed by atoms with E-state index in [4.69, 9.17) is 17.4 Å². The molecule has 0 aliphatic rings. The molecule has 4 heteroatoms. The van der Waals surface area contributed by atoms with Crippen LogP contribution in [-0.4, -0.2) is 0 Å². The predicted molar refractivity (Wildman–Crippen MR) is 76.4 cm³/mol. The fourth-order valence-corrected chi connectivity index (χ4v) is 2.19. The second kappa shape index (κ2) is 6.15. The smallest absolute Gasteiger partial charge is 0.145 e. The number of nitrogens with one attached hydrogen (secondary N) is 1. The summed E-state index contributed by atoms with van der Waals surface area (Å²) in [5.41, 5.74) is 5.47. The Balaban J connectivity index is 2.24. The van der Waals surface area contributed by atoms with Gasteiger partial charge < -0.3 is 0 Å². The van der Waals surface area contributed by atoms with E-state index in [2.05, 4.69) is 5.43 Å². The number of hydrogen-bond acceptors (Lipinski definition) is 2. The van der Waals surface area contributed by atoms with Gasteiger partial charge in [-0.1, -0.05) is 53.6 Å². The zero-order chi connectivity index (χ0) is 13.8. The molecule has 0 aliphatic carbocycles. The molecule has 0 saturated heterocycles. The Bertz CT molecular complexity index is 555. The number of hydrazine groups is 1. The third-order valence-corrected chi connectivity index (χ3v) is 3.43. The molecule has 2 nitrogen and oxygen atoms in total. The molecule has 0 fully saturated rings. The van der Waals surface area contributed by atoms with Gasteiger partial charge in [0.1, 0.15) is 5.82 Å². The van der Waals surface area contributed by atoms with Gasteiger partial charge in [0.15, 0.2) is 0 Å². The summed E-state index contributed by atoms with van der Waals surface area (Å²) in [4.78, 5) is 0. The fraction of sp³-hybridized carbons (Fsp3) is 0.200. The summed E-state index contributed by atoms with van der Waals surface area (Å²) in [6, 6.07) is 12.8. The monoisotopic (exact) mass is 278 g/mol. The lowest BCUT2D eigenvalue weighted by Crippen LogP contribution is -2.29. The van der Waals surface area contributed by atoms with Crippen LogP contribution in [0.4, 0.5) is 4.39 Å². The van der Waals surface area contributed by atoms with Crippen molar-refractivity contribution in [3.8, 4) is 0 Å². The van der Waals surface area contributed by atoms with Crippen LogP contribution in [-0.2, 0) is 6.42 Å². The Morgan fingerprint density at radius 1 is 1.21 bits per heavy atom. The van der Waals surface area contributed by atoms with Gasteiger partial charge in [-0.3, -0.25) is 11.3 Å². The minimum atomic E-state index is -0.378. The lowest BCUT2D eigenvalue weighted by molar-refractivity contribution is 0.529. The third-order valence-electron chi connectivity index (χ3n) is 3.14. The normalized spacial score (nSPS) is 12.4. The van der Waals surface area contributed by atoms with Crippen LogP contribution in [0.25, 0.3) is 0 Å². The molecule has 0 bridgehead atoms. The van der Waals surface area contributed by atoms with Gasteiger partial charge in [0.25, 0.3) is 0 Å². The fourth-order valence-electron chi connectivity index (χ4n) is 2.00. The van der Waals surface area contributed by atoms with Crippen molar-refractivity contribution in [2.24, 2.45) is 5.84 Å². The van der Waals surface area contributed by atoms with E-state index >= 15 is 0 Å². The third kappa shape index (κ3) is 3.32. The average molecular weight is 279 g/mol. The topological polar surface area (TPSA) is 38.0 Å². The summed E-state index contributed by atoms with van der Waals surface area (Å²) in [7, 11) is 0. The van der Waals surface area contributed by atoms with Gasteiger partial charge in [-0.2, -0.15) is 0 Å². The van der Waals surface area contributed by atoms with Gasteiger partial charge in [0.05, 0.1) is 11.1 Å². The van der Waals surface area contributed by atoms with Crippen LogP contribution in [0.3, 0.4) is 0 Å². The van der Waals surface area contributed by atoms with Gasteiger partial charge >= 0.3 is 0 Å². The summed E-state index contributed by atoms with van der Waals surface area (Å²) in [6.07, 6.45) is 0.450. The maximum atomic E-state index is 13.9. The maximum Gasteiger partial charge on any atom is 0.145 e. The summed E-state index contributed by atoms with van der Waals surface area (Å²) in [6.45, 7) is 2.02. The van der Waals surface area contributed by atoms with Gasteiger partial charge in [-0.15, -0.1) is 0 Å². The minimum Gasteiger partial charge on any atom is -0.271 e. The maximum absolute atomic E-state index is 13.9. The summed E-state index contributed by atoms with van der Waals surface area (Å²) in [5, 5.41) is 0.136. The molecule has 3 N–H and O–H groups in total. The zero-order valence-electron chi connectivity index (χ0n) is 10.7. The molecule has 2 aromatic rings.